The molecule has 3 fully saturated rings. The Hall–Kier alpha value is -3.06. The van der Waals surface area contributed by atoms with E-state index in [9.17, 15) is 9.59 Å². The minimum atomic E-state index is -0.213. The third-order valence-corrected chi connectivity index (χ3v) is 8.96. The van der Waals surface area contributed by atoms with Gasteiger partial charge < -0.3 is 10.1 Å². The lowest BCUT2D eigenvalue weighted by Crippen LogP contribution is -2.41. The highest BCUT2D eigenvalue weighted by molar-refractivity contribution is 8.18. The van der Waals surface area contributed by atoms with Crippen LogP contribution in [0.3, 0.4) is 0 Å². The fourth-order valence-corrected chi connectivity index (χ4v) is 6.72. The minimum absolute atomic E-state index is 0.0700. The van der Waals surface area contributed by atoms with E-state index in [0.29, 0.717) is 16.7 Å². The molecule has 1 heterocycles. The number of carbonyl (C=O) groups is 2. The molecule has 0 spiro atoms. The maximum atomic E-state index is 13.7. The molecule has 2 amide bonds. The van der Waals surface area contributed by atoms with Crippen LogP contribution in [0.25, 0.3) is 6.08 Å². The number of nitrogens with one attached hydrogen (secondary N) is 1. The zero-order valence-corrected chi connectivity index (χ0v) is 23.9. The highest BCUT2D eigenvalue weighted by Crippen LogP contribution is 2.38. The smallest absolute Gasteiger partial charge is 0.266 e. The Morgan fingerprint density at radius 2 is 1.74 bits per heavy atom. The number of anilines is 1. The molecule has 2 aromatic rings. The van der Waals surface area contributed by atoms with Crippen molar-refractivity contribution in [2.75, 3.05) is 11.9 Å². The van der Waals surface area contributed by atoms with E-state index in [4.69, 9.17) is 9.73 Å². The molecule has 0 radical (unpaired) electrons. The van der Waals surface area contributed by atoms with Crippen LogP contribution in [0.5, 0.6) is 5.75 Å². The van der Waals surface area contributed by atoms with Crippen LogP contribution in [0.2, 0.25) is 0 Å². The summed E-state index contributed by atoms with van der Waals surface area (Å²) in [4.78, 5) is 33.9. The molecule has 2 aliphatic carbocycles. The molecule has 2 aromatic carbocycles. The Kier molecular flexibility index (Phi) is 9.07. The minimum Gasteiger partial charge on any atom is -0.484 e. The van der Waals surface area contributed by atoms with Crippen LogP contribution in [-0.4, -0.2) is 40.6 Å². The summed E-state index contributed by atoms with van der Waals surface area (Å²) in [6, 6.07) is 14.0. The maximum absolute atomic E-state index is 13.7. The highest BCUT2D eigenvalue weighted by atomic mass is 32.2. The Labute approximate surface area is 236 Å². The van der Waals surface area contributed by atoms with Gasteiger partial charge in [0.2, 0.25) is 0 Å². The second-order valence-electron chi connectivity index (χ2n) is 11.0. The van der Waals surface area contributed by atoms with E-state index in [1.165, 1.54) is 55.9 Å². The summed E-state index contributed by atoms with van der Waals surface area (Å²) >= 11 is 1.52. The van der Waals surface area contributed by atoms with Crippen LogP contribution < -0.4 is 10.1 Å². The van der Waals surface area contributed by atoms with Gasteiger partial charge >= 0.3 is 0 Å². The number of nitrogens with zero attached hydrogens (tertiary/aromatic N) is 2. The third kappa shape index (κ3) is 7.13. The topological polar surface area (TPSA) is 71.0 Å². The van der Waals surface area contributed by atoms with Crippen molar-refractivity contribution in [1.29, 1.82) is 0 Å². The molecule has 7 heteroatoms. The van der Waals surface area contributed by atoms with Crippen molar-refractivity contribution in [2.45, 2.75) is 90.1 Å². The quantitative estimate of drug-likeness (QED) is 0.372. The molecule has 1 aliphatic heterocycles. The molecule has 6 nitrogen and oxygen atoms in total. The summed E-state index contributed by atoms with van der Waals surface area (Å²) in [5.74, 6) is 0.450. The van der Waals surface area contributed by atoms with E-state index in [2.05, 4.69) is 5.32 Å². The van der Waals surface area contributed by atoms with Gasteiger partial charge in [0.1, 0.15) is 5.75 Å². The molecular weight excluding hydrogens is 506 g/mol. The number of aliphatic imine (C=N–C) groups is 1. The highest BCUT2D eigenvalue weighted by Gasteiger charge is 2.39. The first kappa shape index (κ1) is 27.5. The number of ether oxygens (including phenoxy) is 1. The molecule has 3 aliphatic rings. The lowest BCUT2D eigenvalue weighted by molar-refractivity contribution is -0.124. The number of hydrogen-bond acceptors (Lipinski definition) is 5. The summed E-state index contributed by atoms with van der Waals surface area (Å²) < 4.78 is 5.80. The molecule has 1 saturated heterocycles. The van der Waals surface area contributed by atoms with E-state index in [1.807, 2.05) is 67.3 Å². The van der Waals surface area contributed by atoms with Crippen LogP contribution in [0.15, 0.2) is 52.4 Å². The fourth-order valence-electron chi connectivity index (χ4n) is 5.61. The zero-order chi connectivity index (χ0) is 27.2. The van der Waals surface area contributed by atoms with Crippen molar-refractivity contribution in [3.8, 4) is 5.75 Å². The monoisotopic (exact) mass is 545 g/mol. The van der Waals surface area contributed by atoms with Crippen molar-refractivity contribution in [3.05, 3.63) is 64.1 Å². The van der Waals surface area contributed by atoms with E-state index in [1.54, 1.807) is 0 Å². The lowest BCUT2D eigenvalue weighted by atomic mass is 9.94. The van der Waals surface area contributed by atoms with Gasteiger partial charge in [-0.3, -0.25) is 19.5 Å². The van der Waals surface area contributed by atoms with E-state index >= 15 is 0 Å². The Balaban J connectivity index is 1.27. The van der Waals surface area contributed by atoms with Crippen molar-refractivity contribution >= 4 is 40.5 Å². The summed E-state index contributed by atoms with van der Waals surface area (Å²) in [5, 5.41) is 3.78. The fraction of sp³-hybridized carbons (Fsp3) is 0.469. The number of aryl methyl sites for hydroxylation is 2. The molecule has 2 saturated carbocycles. The average molecular weight is 546 g/mol. The summed E-state index contributed by atoms with van der Waals surface area (Å²) in [7, 11) is 0. The molecule has 39 heavy (non-hydrogen) atoms. The summed E-state index contributed by atoms with van der Waals surface area (Å²) in [5.41, 5.74) is 3.95. The molecule has 1 N–H and O–H groups in total. The van der Waals surface area contributed by atoms with Gasteiger partial charge in [0, 0.05) is 11.7 Å². The first-order valence-electron chi connectivity index (χ1n) is 14.4. The van der Waals surface area contributed by atoms with Crippen LogP contribution in [0.4, 0.5) is 5.69 Å². The zero-order valence-electron chi connectivity index (χ0n) is 23.1. The predicted molar refractivity (Wildman–Crippen MR) is 160 cm³/mol. The van der Waals surface area contributed by atoms with Crippen LogP contribution in [0.1, 0.15) is 80.9 Å². The first-order chi connectivity index (χ1) is 19.0. The Bertz CT molecular complexity index is 1260. The number of benzene rings is 2. The van der Waals surface area contributed by atoms with Gasteiger partial charge in [0.05, 0.1) is 10.9 Å². The van der Waals surface area contributed by atoms with E-state index < -0.39 is 0 Å². The standard InChI is InChI=1S/C32H39N3O3S/c1-22-16-17-26(18-23(22)2)33-30(36)21-38-28-15-9-10-24(19-28)20-29-31(37)35(27-13-7-4-8-14-27)32(39-29)34-25-11-5-3-6-12-25/h9-10,15-20,25,27H,3-8,11-14,21H2,1-2H3,(H,33,36)/b29-20-,34-32?. The van der Waals surface area contributed by atoms with Gasteiger partial charge in [-0.2, -0.15) is 0 Å². The van der Waals surface area contributed by atoms with Gasteiger partial charge in [-0.1, -0.05) is 56.7 Å². The van der Waals surface area contributed by atoms with Crippen molar-refractivity contribution in [2.24, 2.45) is 4.99 Å². The van der Waals surface area contributed by atoms with Gasteiger partial charge in [-0.25, -0.2) is 0 Å². The van der Waals surface area contributed by atoms with Gasteiger partial charge in [0.25, 0.3) is 11.8 Å². The molecule has 0 bridgehead atoms. The maximum Gasteiger partial charge on any atom is 0.266 e. The number of hydrogen-bond donors (Lipinski definition) is 1. The number of rotatable bonds is 7. The second kappa shape index (κ2) is 12.9. The van der Waals surface area contributed by atoms with Gasteiger partial charge in [-0.05, 0) is 98.3 Å². The Morgan fingerprint density at radius 3 is 2.49 bits per heavy atom. The van der Waals surface area contributed by atoms with E-state index in [-0.39, 0.29) is 24.5 Å². The molecular formula is C32H39N3O3S. The molecule has 0 unspecified atom stereocenters. The van der Waals surface area contributed by atoms with Crippen LogP contribution in [-0.2, 0) is 9.59 Å². The summed E-state index contributed by atoms with van der Waals surface area (Å²) in [6.07, 6.45) is 13.6. The van der Waals surface area contributed by atoms with Crippen molar-refractivity contribution in [1.82, 2.24) is 4.90 Å². The van der Waals surface area contributed by atoms with Crippen LogP contribution in [0, 0.1) is 13.8 Å². The van der Waals surface area contributed by atoms with Crippen molar-refractivity contribution in [3.63, 3.8) is 0 Å². The number of amides is 2. The normalized spacial score (nSPS) is 21.1. The Morgan fingerprint density at radius 1 is 1.00 bits per heavy atom. The van der Waals surface area contributed by atoms with Gasteiger partial charge in [0.15, 0.2) is 11.8 Å². The van der Waals surface area contributed by atoms with Crippen LogP contribution >= 0.6 is 11.8 Å². The molecule has 0 atom stereocenters. The molecule has 5 rings (SSSR count). The average Bonchev–Trinajstić information content (AvgIpc) is 3.24. The number of carbonyl (C=O) groups excluding carboxylic acids is 2. The molecule has 206 valence electrons. The van der Waals surface area contributed by atoms with Gasteiger partial charge in [-0.15, -0.1) is 0 Å². The largest absolute Gasteiger partial charge is 0.484 e. The first-order valence-corrected chi connectivity index (χ1v) is 15.2. The third-order valence-electron chi connectivity index (χ3n) is 7.96. The predicted octanol–water partition coefficient (Wildman–Crippen LogP) is 7.26. The van der Waals surface area contributed by atoms with Crippen molar-refractivity contribution < 1.29 is 14.3 Å². The molecule has 0 aromatic heterocycles. The second-order valence-corrected chi connectivity index (χ2v) is 12.0. The summed E-state index contributed by atoms with van der Waals surface area (Å²) in [6.45, 7) is 3.98. The number of amidine groups is 1. The lowest BCUT2D eigenvalue weighted by Gasteiger charge is -2.31. The van der Waals surface area contributed by atoms with E-state index in [0.717, 1.165) is 47.7 Å². The SMILES string of the molecule is Cc1ccc(NC(=O)COc2cccc(/C=C3\SC(=NC4CCCCC4)N(C4CCCCC4)C3=O)c2)cc1C. The number of thioether (sulfide) groups is 1.